The molecule has 5 nitrogen and oxygen atoms in total. The van der Waals surface area contributed by atoms with Crippen molar-refractivity contribution in [3.63, 3.8) is 0 Å². The van der Waals surface area contributed by atoms with E-state index in [2.05, 4.69) is 17.6 Å². The van der Waals surface area contributed by atoms with Crippen LogP contribution in [0, 0.1) is 0 Å². The van der Waals surface area contributed by atoms with Gasteiger partial charge in [0.05, 0.1) is 14.2 Å². The highest BCUT2D eigenvalue weighted by Gasteiger charge is 2.08. The third kappa shape index (κ3) is 5.07. The number of hydrogen-bond donors (Lipinski definition) is 2. The Hall–Kier alpha value is -1.91. The van der Waals surface area contributed by atoms with Crippen molar-refractivity contribution in [2.75, 3.05) is 19.5 Å². The number of rotatable bonds is 6. The Morgan fingerprint density at radius 1 is 1.21 bits per heavy atom. The molecule has 0 heterocycles. The van der Waals surface area contributed by atoms with Gasteiger partial charge in [0.15, 0.2) is 0 Å². The molecular weight excluding hydrogens is 244 g/mol. The fourth-order valence-corrected chi connectivity index (χ4v) is 1.78. The number of methoxy groups -OCH3 is 2. The molecule has 1 unspecified atom stereocenters. The first-order chi connectivity index (χ1) is 9.08. The van der Waals surface area contributed by atoms with Crippen LogP contribution in [0.1, 0.15) is 26.7 Å². The summed E-state index contributed by atoms with van der Waals surface area (Å²) in [6.07, 6.45) is 1.99. The molecule has 0 aliphatic heterocycles. The van der Waals surface area contributed by atoms with Crippen molar-refractivity contribution in [2.24, 2.45) is 0 Å². The van der Waals surface area contributed by atoms with E-state index in [4.69, 9.17) is 9.47 Å². The van der Waals surface area contributed by atoms with Gasteiger partial charge < -0.3 is 20.1 Å². The molecule has 1 aromatic carbocycles. The van der Waals surface area contributed by atoms with Gasteiger partial charge in [0.2, 0.25) is 0 Å². The molecule has 0 aliphatic carbocycles. The maximum Gasteiger partial charge on any atom is 0.319 e. The number of anilines is 1. The summed E-state index contributed by atoms with van der Waals surface area (Å²) in [7, 11) is 3.14. The second kappa shape index (κ2) is 7.51. The van der Waals surface area contributed by atoms with E-state index >= 15 is 0 Å². The Labute approximate surface area is 114 Å². The summed E-state index contributed by atoms with van der Waals surface area (Å²) in [5, 5.41) is 5.64. The second-order valence-electron chi connectivity index (χ2n) is 4.39. The van der Waals surface area contributed by atoms with Crippen LogP contribution in [0.3, 0.4) is 0 Å². The van der Waals surface area contributed by atoms with Gasteiger partial charge >= 0.3 is 6.03 Å². The van der Waals surface area contributed by atoms with Crippen LogP contribution in [0.4, 0.5) is 10.5 Å². The van der Waals surface area contributed by atoms with E-state index in [0.717, 1.165) is 12.8 Å². The average molecular weight is 266 g/mol. The van der Waals surface area contributed by atoms with Crippen LogP contribution >= 0.6 is 0 Å². The molecule has 1 atom stereocenters. The van der Waals surface area contributed by atoms with Crippen LogP contribution < -0.4 is 20.1 Å². The molecule has 1 aromatic rings. The molecule has 19 heavy (non-hydrogen) atoms. The highest BCUT2D eigenvalue weighted by molar-refractivity contribution is 5.89. The maximum atomic E-state index is 11.8. The lowest BCUT2D eigenvalue weighted by Crippen LogP contribution is -2.35. The molecule has 2 N–H and O–H groups in total. The Bertz CT molecular complexity index is 399. The van der Waals surface area contributed by atoms with Gasteiger partial charge in [0, 0.05) is 29.9 Å². The number of benzene rings is 1. The molecule has 0 spiro atoms. The monoisotopic (exact) mass is 266 g/mol. The van der Waals surface area contributed by atoms with E-state index < -0.39 is 0 Å². The normalized spacial score (nSPS) is 11.6. The fourth-order valence-electron chi connectivity index (χ4n) is 1.78. The number of hydrogen-bond acceptors (Lipinski definition) is 3. The number of ether oxygens (including phenoxy) is 2. The molecule has 2 amide bonds. The van der Waals surface area contributed by atoms with Crippen LogP contribution in [0.15, 0.2) is 18.2 Å². The smallest absolute Gasteiger partial charge is 0.319 e. The zero-order valence-corrected chi connectivity index (χ0v) is 11.9. The van der Waals surface area contributed by atoms with Gasteiger partial charge in [-0.2, -0.15) is 0 Å². The van der Waals surface area contributed by atoms with E-state index in [-0.39, 0.29) is 12.1 Å². The molecule has 106 valence electrons. The van der Waals surface area contributed by atoms with Crippen molar-refractivity contribution in [3.05, 3.63) is 18.2 Å². The fraction of sp³-hybridized carbons (Fsp3) is 0.500. The zero-order chi connectivity index (χ0) is 14.3. The van der Waals surface area contributed by atoms with Crippen molar-refractivity contribution in [3.8, 4) is 11.5 Å². The van der Waals surface area contributed by atoms with Gasteiger partial charge in [-0.05, 0) is 13.3 Å². The molecule has 0 bridgehead atoms. The van der Waals surface area contributed by atoms with Crippen LogP contribution in [0.25, 0.3) is 0 Å². The lowest BCUT2D eigenvalue weighted by atomic mass is 10.2. The van der Waals surface area contributed by atoms with Crippen LogP contribution in [-0.4, -0.2) is 26.3 Å². The van der Waals surface area contributed by atoms with E-state index in [1.54, 1.807) is 32.4 Å². The van der Waals surface area contributed by atoms with Gasteiger partial charge in [-0.25, -0.2) is 4.79 Å². The lowest BCUT2D eigenvalue weighted by molar-refractivity contribution is 0.248. The Morgan fingerprint density at radius 2 is 1.79 bits per heavy atom. The predicted octanol–water partition coefficient (Wildman–Crippen LogP) is 3.01. The van der Waals surface area contributed by atoms with Crippen LogP contribution in [-0.2, 0) is 0 Å². The standard InChI is InChI=1S/C14H22N2O3/c1-5-6-10(2)15-14(17)16-11-7-12(18-3)9-13(8-11)19-4/h7-10H,5-6H2,1-4H3,(H2,15,16,17). The minimum absolute atomic E-state index is 0.150. The predicted molar refractivity (Wildman–Crippen MR) is 76.1 cm³/mol. The molecule has 0 saturated heterocycles. The van der Waals surface area contributed by atoms with Gasteiger partial charge in [0.1, 0.15) is 11.5 Å². The van der Waals surface area contributed by atoms with E-state index in [1.807, 2.05) is 6.92 Å². The molecular formula is C14H22N2O3. The van der Waals surface area contributed by atoms with Crippen molar-refractivity contribution < 1.29 is 14.3 Å². The summed E-state index contributed by atoms with van der Waals surface area (Å²) in [6.45, 7) is 4.07. The highest BCUT2D eigenvalue weighted by Crippen LogP contribution is 2.25. The summed E-state index contributed by atoms with van der Waals surface area (Å²) < 4.78 is 10.3. The Kier molecular flexibility index (Phi) is 5.99. The SMILES string of the molecule is CCCC(C)NC(=O)Nc1cc(OC)cc(OC)c1. The van der Waals surface area contributed by atoms with Crippen molar-refractivity contribution in [1.29, 1.82) is 0 Å². The summed E-state index contributed by atoms with van der Waals surface area (Å²) in [5.74, 6) is 1.27. The molecule has 0 radical (unpaired) electrons. The summed E-state index contributed by atoms with van der Waals surface area (Å²) in [4.78, 5) is 11.8. The number of nitrogens with one attached hydrogen (secondary N) is 2. The average Bonchev–Trinajstić information content (AvgIpc) is 2.38. The van der Waals surface area contributed by atoms with E-state index in [9.17, 15) is 4.79 Å². The van der Waals surface area contributed by atoms with Crippen molar-refractivity contribution in [1.82, 2.24) is 5.32 Å². The van der Waals surface area contributed by atoms with Crippen molar-refractivity contribution >= 4 is 11.7 Å². The molecule has 0 fully saturated rings. The minimum Gasteiger partial charge on any atom is -0.497 e. The van der Waals surface area contributed by atoms with Crippen LogP contribution in [0.2, 0.25) is 0 Å². The van der Waals surface area contributed by atoms with E-state index in [1.165, 1.54) is 0 Å². The van der Waals surface area contributed by atoms with Crippen LogP contribution in [0.5, 0.6) is 11.5 Å². The molecule has 0 aromatic heterocycles. The molecule has 0 aliphatic rings. The number of amides is 2. The molecule has 5 heteroatoms. The molecule has 0 saturated carbocycles. The zero-order valence-electron chi connectivity index (χ0n) is 11.9. The topological polar surface area (TPSA) is 59.6 Å². The van der Waals surface area contributed by atoms with Gasteiger partial charge in [-0.3, -0.25) is 0 Å². The highest BCUT2D eigenvalue weighted by atomic mass is 16.5. The number of urea groups is 1. The third-order valence-corrected chi connectivity index (χ3v) is 2.71. The van der Waals surface area contributed by atoms with Gasteiger partial charge in [0.25, 0.3) is 0 Å². The Balaban J connectivity index is 2.67. The van der Waals surface area contributed by atoms with Gasteiger partial charge in [-0.1, -0.05) is 13.3 Å². The number of carbonyl (C=O) groups excluding carboxylic acids is 1. The lowest BCUT2D eigenvalue weighted by Gasteiger charge is -2.14. The third-order valence-electron chi connectivity index (χ3n) is 2.71. The maximum absolute atomic E-state index is 11.8. The van der Waals surface area contributed by atoms with Crippen molar-refractivity contribution in [2.45, 2.75) is 32.7 Å². The minimum atomic E-state index is -0.226. The summed E-state index contributed by atoms with van der Waals surface area (Å²) >= 11 is 0. The first-order valence-corrected chi connectivity index (χ1v) is 6.39. The first kappa shape index (κ1) is 15.1. The van der Waals surface area contributed by atoms with E-state index in [0.29, 0.717) is 17.2 Å². The second-order valence-corrected chi connectivity index (χ2v) is 4.39. The number of carbonyl (C=O) groups is 1. The van der Waals surface area contributed by atoms with Gasteiger partial charge in [-0.15, -0.1) is 0 Å². The summed E-state index contributed by atoms with van der Waals surface area (Å²) in [5.41, 5.74) is 0.636. The molecule has 1 rings (SSSR count). The Morgan fingerprint density at radius 3 is 2.26 bits per heavy atom. The first-order valence-electron chi connectivity index (χ1n) is 6.39. The largest absolute Gasteiger partial charge is 0.497 e. The summed E-state index contributed by atoms with van der Waals surface area (Å²) in [6, 6.07) is 5.16. The quantitative estimate of drug-likeness (QED) is 0.832.